The van der Waals surface area contributed by atoms with Crippen molar-refractivity contribution in [1.29, 1.82) is 0 Å². The Balaban J connectivity index is 1.84. The van der Waals surface area contributed by atoms with E-state index in [4.69, 9.17) is 9.84 Å². The van der Waals surface area contributed by atoms with Crippen LogP contribution >= 0.6 is 0 Å². The summed E-state index contributed by atoms with van der Waals surface area (Å²) in [4.78, 5) is 24.9. The number of aryl methyl sites for hydroxylation is 1. The zero-order chi connectivity index (χ0) is 15.2. The molecule has 5 nitrogen and oxygen atoms in total. The normalized spacial score (nSPS) is 18.3. The number of hydrogen-bond donors (Lipinski definition) is 1. The van der Waals surface area contributed by atoms with Crippen molar-refractivity contribution < 1.29 is 19.4 Å². The maximum Gasteiger partial charge on any atom is 0.308 e. The summed E-state index contributed by atoms with van der Waals surface area (Å²) in [6.07, 6.45) is 2.51. The average Bonchev–Trinajstić information content (AvgIpc) is 2.53. The highest BCUT2D eigenvalue weighted by molar-refractivity contribution is 5.78. The molecular weight excluding hydrogens is 270 g/mol. The molecule has 1 fully saturated rings. The van der Waals surface area contributed by atoms with Crippen molar-refractivity contribution >= 4 is 11.9 Å². The van der Waals surface area contributed by atoms with Crippen LogP contribution in [0, 0.1) is 5.92 Å². The third-order valence-corrected chi connectivity index (χ3v) is 3.91. The SMILES string of the molecule is COc1ccc(CCC(=O)N2CCC[C@@H](C(=O)O)C2)cc1. The van der Waals surface area contributed by atoms with Gasteiger partial charge in [0, 0.05) is 19.5 Å². The van der Waals surface area contributed by atoms with E-state index in [0.717, 1.165) is 17.7 Å². The Labute approximate surface area is 124 Å². The average molecular weight is 291 g/mol. The number of ether oxygens (including phenoxy) is 1. The minimum atomic E-state index is -0.803. The van der Waals surface area contributed by atoms with E-state index in [-0.39, 0.29) is 5.91 Å². The van der Waals surface area contributed by atoms with Gasteiger partial charge in [-0.3, -0.25) is 9.59 Å². The standard InChI is InChI=1S/C16H21NO4/c1-21-14-7-4-12(5-8-14)6-9-15(18)17-10-2-3-13(11-17)16(19)20/h4-5,7-8,13H,2-3,6,9-11H2,1H3,(H,19,20)/t13-/m1/s1. The highest BCUT2D eigenvalue weighted by Crippen LogP contribution is 2.18. The van der Waals surface area contributed by atoms with Gasteiger partial charge in [0.15, 0.2) is 0 Å². The number of hydrogen-bond acceptors (Lipinski definition) is 3. The molecular formula is C16H21NO4. The van der Waals surface area contributed by atoms with Crippen molar-refractivity contribution in [2.45, 2.75) is 25.7 Å². The molecule has 1 aliphatic heterocycles. The maximum absolute atomic E-state index is 12.2. The summed E-state index contributed by atoms with van der Waals surface area (Å²) in [6, 6.07) is 7.65. The Bertz CT molecular complexity index is 498. The zero-order valence-electron chi connectivity index (χ0n) is 12.2. The highest BCUT2D eigenvalue weighted by atomic mass is 16.5. The van der Waals surface area contributed by atoms with Gasteiger partial charge in [-0.05, 0) is 37.0 Å². The molecule has 114 valence electrons. The number of carbonyl (C=O) groups excluding carboxylic acids is 1. The summed E-state index contributed by atoms with van der Waals surface area (Å²) >= 11 is 0. The third kappa shape index (κ3) is 4.21. The van der Waals surface area contributed by atoms with Crippen LogP contribution in [0.2, 0.25) is 0 Å². The number of amides is 1. The number of carboxylic acids is 1. The van der Waals surface area contributed by atoms with Gasteiger partial charge in [-0.1, -0.05) is 12.1 Å². The third-order valence-electron chi connectivity index (χ3n) is 3.91. The van der Waals surface area contributed by atoms with E-state index in [1.807, 2.05) is 24.3 Å². The van der Waals surface area contributed by atoms with E-state index < -0.39 is 11.9 Å². The molecule has 1 saturated heterocycles. The van der Waals surface area contributed by atoms with Gasteiger partial charge in [-0.2, -0.15) is 0 Å². The lowest BCUT2D eigenvalue weighted by atomic mass is 9.97. The second-order valence-electron chi connectivity index (χ2n) is 5.37. The van der Waals surface area contributed by atoms with Gasteiger partial charge in [0.1, 0.15) is 5.75 Å². The summed E-state index contributed by atoms with van der Waals surface area (Å²) in [5.74, 6) is -0.381. The number of carboxylic acid groups (broad SMARTS) is 1. The number of carbonyl (C=O) groups is 2. The molecule has 1 aromatic carbocycles. The van der Waals surface area contributed by atoms with Crippen molar-refractivity contribution in [2.24, 2.45) is 5.92 Å². The molecule has 5 heteroatoms. The number of piperidine rings is 1. The number of nitrogens with zero attached hydrogens (tertiary/aromatic N) is 1. The Hall–Kier alpha value is -2.04. The largest absolute Gasteiger partial charge is 0.497 e. The number of rotatable bonds is 5. The van der Waals surface area contributed by atoms with Gasteiger partial charge >= 0.3 is 5.97 Å². The van der Waals surface area contributed by atoms with E-state index >= 15 is 0 Å². The second-order valence-corrected chi connectivity index (χ2v) is 5.37. The van der Waals surface area contributed by atoms with Crippen LogP contribution in [0.4, 0.5) is 0 Å². The molecule has 2 rings (SSSR count). The van der Waals surface area contributed by atoms with Crippen molar-refractivity contribution in [1.82, 2.24) is 4.90 Å². The number of benzene rings is 1. The first-order valence-electron chi connectivity index (χ1n) is 7.23. The van der Waals surface area contributed by atoms with Crippen LogP contribution in [-0.2, 0) is 16.0 Å². The summed E-state index contributed by atoms with van der Waals surface area (Å²) < 4.78 is 5.09. The van der Waals surface area contributed by atoms with Crippen molar-refractivity contribution in [3.05, 3.63) is 29.8 Å². The first-order chi connectivity index (χ1) is 10.1. The van der Waals surface area contributed by atoms with Crippen LogP contribution < -0.4 is 4.74 Å². The smallest absolute Gasteiger partial charge is 0.308 e. The molecule has 0 radical (unpaired) electrons. The van der Waals surface area contributed by atoms with Crippen LogP contribution in [0.5, 0.6) is 5.75 Å². The van der Waals surface area contributed by atoms with Gasteiger partial charge in [0.25, 0.3) is 0 Å². The number of aliphatic carboxylic acids is 1. The highest BCUT2D eigenvalue weighted by Gasteiger charge is 2.27. The van der Waals surface area contributed by atoms with Crippen LogP contribution in [0.25, 0.3) is 0 Å². The lowest BCUT2D eigenvalue weighted by molar-refractivity contribution is -0.145. The van der Waals surface area contributed by atoms with Gasteiger partial charge in [0.05, 0.1) is 13.0 Å². The number of methoxy groups -OCH3 is 1. The maximum atomic E-state index is 12.2. The molecule has 0 unspecified atom stereocenters. The van der Waals surface area contributed by atoms with Crippen LogP contribution in [-0.4, -0.2) is 42.1 Å². The van der Waals surface area contributed by atoms with E-state index in [2.05, 4.69) is 0 Å². The molecule has 1 atom stereocenters. The van der Waals surface area contributed by atoms with Gasteiger partial charge in [0.2, 0.25) is 5.91 Å². The van der Waals surface area contributed by atoms with Crippen LogP contribution in [0.3, 0.4) is 0 Å². The van der Waals surface area contributed by atoms with Crippen molar-refractivity contribution in [3.8, 4) is 5.75 Å². The van der Waals surface area contributed by atoms with E-state index in [9.17, 15) is 9.59 Å². The fraction of sp³-hybridized carbons (Fsp3) is 0.500. The minimum absolute atomic E-state index is 0.0387. The topological polar surface area (TPSA) is 66.8 Å². The van der Waals surface area contributed by atoms with Crippen molar-refractivity contribution in [3.63, 3.8) is 0 Å². The quantitative estimate of drug-likeness (QED) is 0.900. The fourth-order valence-corrected chi connectivity index (χ4v) is 2.61. The van der Waals surface area contributed by atoms with E-state index in [1.165, 1.54) is 0 Å². The number of likely N-dealkylation sites (tertiary alicyclic amines) is 1. The first kappa shape index (κ1) is 15.4. The van der Waals surface area contributed by atoms with E-state index in [0.29, 0.717) is 32.4 Å². The minimum Gasteiger partial charge on any atom is -0.497 e. The molecule has 1 aliphatic rings. The molecule has 0 spiro atoms. The molecule has 1 N–H and O–H groups in total. The Morgan fingerprint density at radius 2 is 2.05 bits per heavy atom. The molecule has 21 heavy (non-hydrogen) atoms. The predicted molar refractivity (Wildman–Crippen MR) is 78.3 cm³/mol. The second kappa shape index (κ2) is 7.11. The van der Waals surface area contributed by atoms with Crippen LogP contribution in [0.1, 0.15) is 24.8 Å². The Morgan fingerprint density at radius 3 is 2.67 bits per heavy atom. The molecule has 0 aromatic heterocycles. The monoisotopic (exact) mass is 291 g/mol. The van der Waals surface area contributed by atoms with Gasteiger partial charge in [-0.25, -0.2) is 0 Å². The molecule has 0 aliphatic carbocycles. The lowest BCUT2D eigenvalue weighted by Gasteiger charge is -2.30. The summed E-state index contributed by atoms with van der Waals surface area (Å²) in [6.45, 7) is 1.02. The molecule has 1 aromatic rings. The molecule has 1 amide bonds. The fourth-order valence-electron chi connectivity index (χ4n) is 2.61. The van der Waals surface area contributed by atoms with Gasteiger partial charge in [-0.15, -0.1) is 0 Å². The summed E-state index contributed by atoms with van der Waals surface area (Å²) in [5.41, 5.74) is 1.08. The molecule has 0 bridgehead atoms. The van der Waals surface area contributed by atoms with Crippen LogP contribution in [0.15, 0.2) is 24.3 Å². The van der Waals surface area contributed by atoms with Gasteiger partial charge < -0.3 is 14.7 Å². The Morgan fingerprint density at radius 1 is 1.33 bits per heavy atom. The molecule has 1 heterocycles. The van der Waals surface area contributed by atoms with Crippen molar-refractivity contribution in [2.75, 3.05) is 20.2 Å². The molecule has 0 saturated carbocycles. The first-order valence-corrected chi connectivity index (χ1v) is 7.23. The zero-order valence-corrected chi connectivity index (χ0v) is 12.2. The summed E-state index contributed by atoms with van der Waals surface area (Å²) in [5, 5.41) is 9.05. The van der Waals surface area contributed by atoms with E-state index in [1.54, 1.807) is 12.0 Å². The predicted octanol–water partition coefficient (Wildman–Crippen LogP) is 1.95. The summed E-state index contributed by atoms with van der Waals surface area (Å²) in [7, 11) is 1.62. The lowest BCUT2D eigenvalue weighted by Crippen LogP contribution is -2.42. The Kier molecular flexibility index (Phi) is 5.20.